The van der Waals surface area contributed by atoms with Crippen LogP contribution < -0.4 is 0 Å². The molecule has 1 saturated heterocycles. The number of carbonyl (C=O) groups is 1. The maximum Gasteiger partial charge on any atom is 0.196 e. The van der Waals surface area contributed by atoms with Crippen LogP contribution in [0.25, 0.3) is 21.8 Å². The van der Waals surface area contributed by atoms with Crippen LogP contribution in [-0.2, 0) is 4.74 Å². The molecule has 7 nitrogen and oxygen atoms in total. The van der Waals surface area contributed by atoms with E-state index in [0.29, 0.717) is 38.8 Å². The molecule has 4 aromatic rings. The van der Waals surface area contributed by atoms with Crippen molar-refractivity contribution < 1.29 is 13.9 Å². The van der Waals surface area contributed by atoms with Gasteiger partial charge in [-0.25, -0.2) is 14.1 Å². The number of rotatable bonds is 5. The smallest absolute Gasteiger partial charge is 0.196 e. The molecule has 1 unspecified atom stereocenters. The molecule has 0 bridgehead atoms. The predicted molar refractivity (Wildman–Crippen MR) is 133 cm³/mol. The Labute approximate surface area is 204 Å². The molecule has 34 heavy (non-hydrogen) atoms. The molecule has 0 aliphatic carbocycles. The average Bonchev–Trinajstić information content (AvgIpc) is 3.30. The zero-order valence-corrected chi connectivity index (χ0v) is 20.4. The molecule has 0 spiro atoms. The van der Waals surface area contributed by atoms with Crippen LogP contribution in [0.3, 0.4) is 0 Å². The Bertz CT molecular complexity index is 1430. The Morgan fingerprint density at radius 3 is 2.85 bits per heavy atom. The van der Waals surface area contributed by atoms with Gasteiger partial charge in [0.2, 0.25) is 0 Å². The number of hydrogen-bond donors (Lipinski definition) is 0. The van der Waals surface area contributed by atoms with Gasteiger partial charge in [0.1, 0.15) is 11.7 Å². The van der Waals surface area contributed by atoms with E-state index < -0.39 is 5.82 Å². The highest BCUT2D eigenvalue weighted by atomic mass is 79.9. The van der Waals surface area contributed by atoms with E-state index in [2.05, 4.69) is 31.0 Å². The van der Waals surface area contributed by atoms with Gasteiger partial charge in [-0.1, -0.05) is 0 Å². The van der Waals surface area contributed by atoms with Crippen molar-refractivity contribution in [3.05, 3.63) is 64.1 Å². The van der Waals surface area contributed by atoms with E-state index in [0.717, 1.165) is 24.6 Å². The van der Waals surface area contributed by atoms with Crippen molar-refractivity contribution in [1.29, 1.82) is 0 Å². The zero-order valence-electron chi connectivity index (χ0n) is 18.8. The van der Waals surface area contributed by atoms with Crippen molar-refractivity contribution in [2.75, 3.05) is 20.7 Å². The number of ketones is 1. The van der Waals surface area contributed by atoms with Crippen LogP contribution in [0, 0.1) is 5.82 Å². The van der Waals surface area contributed by atoms with Crippen LogP contribution in [0.4, 0.5) is 10.1 Å². The molecular weight excluding hydrogens is 501 g/mol. The minimum Gasteiger partial charge on any atom is -0.369 e. The van der Waals surface area contributed by atoms with Crippen LogP contribution >= 0.6 is 15.9 Å². The summed E-state index contributed by atoms with van der Waals surface area (Å²) in [6.07, 6.45) is 7.60. The van der Waals surface area contributed by atoms with Gasteiger partial charge in [-0.05, 0) is 65.5 Å². The Balaban J connectivity index is 1.68. The lowest BCUT2D eigenvalue weighted by Crippen LogP contribution is -2.18. The highest BCUT2D eigenvalue weighted by molar-refractivity contribution is 9.10. The maximum absolute atomic E-state index is 14.7. The lowest BCUT2D eigenvalue weighted by atomic mass is 9.97. The number of ether oxygens (including phenoxy) is 1. The van der Waals surface area contributed by atoms with Gasteiger partial charge in [0.25, 0.3) is 0 Å². The second-order valence-corrected chi connectivity index (χ2v) is 9.33. The fourth-order valence-corrected chi connectivity index (χ4v) is 4.74. The number of benzene rings is 2. The van der Waals surface area contributed by atoms with E-state index >= 15 is 0 Å². The van der Waals surface area contributed by atoms with Gasteiger partial charge in [0.15, 0.2) is 11.6 Å². The number of aliphatic imine (C=N–C) groups is 1. The van der Waals surface area contributed by atoms with Crippen LogP contribution in [0.2, 0.25) is 0 Å². The molecule has 3 heterocycles. The molecule has 2 aromatic heterocycles. The van der Waals surface area contributed by atoms with E-state index in [-0.39, 0.29) is 17.5 Å². The summed E-state index contributed by atoms with van der Waals surface area (Å²) in [7, 11) is 3.71. The first-order valence-electron chi connectivity index (χ1n) is 11.1. The first kappa shape index (κ1) is 22.6. The minimum atomic E-state index is -0.476. The normalized spacial score (nSPS) is 16.5. The molecule has 0 radical (unpaired) electrons. The molecule has 1 atom stereocenters. The molecular formula is C25H23BrFN5O2. The summed E-state index contributed by atoms with van der Waals surface area (Å²) in [6.45, 7) is 0.640. The van der Waals surface area contributed by atoms with Crippen LogP contribution in [0.15, 0.2) is 52.2 Å². The third-order valence-electron chi connectivity index (χ3n) is 5.82. The third-order valence-corrected chi connectivity index (χ3v) is 6.42. The molecule has 1 aliphatic rings. The lowest BCUT2D eigenvalue weighted by Gasteiger charge is -2.22. The number of aromatic nitrogens is 3. The van der Waals surface area contributed by atoms with Crippen molar-refractivity contribution in [2.45, 2.75) is 25.5 Å². The molecule has 1 aliphatic heterocycles. The second-order valence-electron chi connectivity index (χ2n) is 8.48. The van der Waals surface area contributed by atoms with E-state index in [1.807, 2.05) is 26.2 Å². The molecule has 5 rings (SSSR count). The monoisotopic (exact) mass is 523 g/mol. The number of fused-ring (bicyclic) bond motifs is 2. The van der Waals surface area contributed by atoms with Crippen molar-refractivity contribution in [1.82, 2.24) is 19.7 Å². The Morgan fingerprint density at radius 1 is 1.24 bits per heavy atom. The molecule has 1 fully saturated rings. The molecule has 0 amide bonds. The highest BCUT2D eigenvalue weighted by Crippen LogP contribution is 2.37. The van der Waals surface area contributed by atoms with Gasteiger partial charge in [0, 0.05) is 53.9 Å². The fraction of sp³-hybridized carbons (Fsp3) is 0.280. The molecule has 0 saturated carbocycles. The van der Waals surface area contributed by atoms with E-state index in [9.17, 15) is 9.18 Å². The van der Waals surface area contributed by atoms with Crippen LogP contribution in [0.5, 0.6) is 0 Å². The molecule has 2 aromatic carbocycles. The molecule has 9 heteroatoms. The van der Waals surface area contributed by atoms with Gasteiger partial charge in [-0.2, -0.15) is 5.10 Å². The maximum atomic E-state index is 14.7. The van der Waals surface area contributed by atoms with Gasteiger partial charge in [-0.3, -0.25) is 9.78 Å². The first-order chi connectivity index (χ1) is 16.4. The summed E-state index contributed by atoms with van der Waals surface area (Å²) in [6, 6.07) is 8.21. The van der Waals surface area contributed by atoms with E-state index in [1.54, 1.807) is 34.4 Å². The number of halogens is 2. The minimum absolute atomic E-state index is 0.153. The average molecular weight is 524 g/mol. The summed E-state index contributed by atoms with van der Waals surface area (Å²) >= 11 is 3.55. The lowest BCUT2D eigenvalue weighted by molar-refractivity contribution is -0.0391. The van der Waals surface area contributed by atoms with E-state index in [4.69, 9.17) is 4.74 Å². The third kappa shape index (κ3) is 4.10. The summed E-state index contributed by atoms with van der Waals surface area (Å²) < 4.78 is 22.8. The Kier molecular flexibility index (Phi) is 6.14. The second kappa shape index (κ2) is 9.23. The summed E-state index contributed by atoms with van der Waals surface area (Å²) in [5.74, 6) is -0.748. The van der Waals surface area contributed by atoms with Gasteiger partial charge < -0.3 is 9.64 Å². The van der Waals surface area contributed by atoms with Crippen molar-refractivity contribution in [2.24, 2.45) is 4.99 Å². The van der Waals surface area contributed by atoms with E-state index in [1.165, 1.54) is 12.1 Å². The van der Waals surface area contributed by atoms with Crippen molar-refractivity contribution in [3.63, 3.8) is 0 Å². The fourth-order valence-electron chi connectivity index (χ4n) is 4.19. The largest absolute Gasteiger partial charge is 0.369 e. The predicted octanol–water partition coefficient (Wildman–Crippen LogP) is 5.64. The van der Waals surface area contributed by atoms with Gasteiger partial charge in [0.05, 0.1) is 23.1 Å². The zero-order chi connectivity index (χ0) is 23.8. The summed E-state index contributed by atoms with van der Waals surface area (Å²) in [5, 5.41) is 5.62. The first-order valence-corrected chi connectivity index (χ1v) is 11.8. The standard InChI is InChI=1S/C25H23BrFN5O2/c1-31(2)14-29-22-16-6-5-10-28-23(16)19(26)12-17(22)25(33)15-8-9-20(27)24-18(15)13-32(30-24)21-7-3-4-11-34-21/h5-6,8-10,12-14,21H,3-4,7,11H2,1-2H3. The number of hydrogen-bond acceptors (Lipinski definition) is 5. The van der Waals surface area contributed by atoms with Gasteiger partial charge >= 0.3 is 0 Å². The molecule has 0 N–H and O–H groups in total. The summed E-state index contributed by atoms with van der Waals surface area (Å²) in [5.41, 5.74) is 2.11. The Hall–Kier alpha value is -3.17. The topological polar surface area (TPSA) is 72.6 Å². The van der Waals surface area contributed by atoms with Gasteiger partial charge in [-0.15, -0.1) is 0 Å². The quantitative estimate of drug-likeness (QED) is 0.192. The van der Waals surface area contributed by atoms with Crippen molar-refractivity contribution in [3.8, 4) is 0 Å². The van der Waals surface area contributed by atoms with Crippen LogP contribution in [0.1, 0.15) is 41.4 Å². The number of pyridine rings is 1. The van der Waals surface area contributed by atoms with Crippen LogP contribution in [-0.4, -0.2) is 52.5 Å². The van der Waals surface area contributed by atoms with Crippen molar-refractivity contribution >= 4 is 55.5 Å². The SMILES string of the molecule is CN(C)C=Nc1c(C(=O)c2ccc(F)c3nn(C4CCCCO4)cc23)cc(Br)c2ncccc12. The summed E-state index contributed by atoms with van der Waals surface area (Å²) in [4.78, 5) is 24.7. The highest BCUT2D eigenvalue weighted by Gasteiger charge is 2.24. The number of nitrogens with zero attached hydrogens (tertiary/aromatic N) is 5. The Morgan fingerprint density at radius 2 is 2.09 bits per heavy atom. The number of carbonyl (C=O) groups excluding carboxylic acids is 1. The molecule has 174 valence electrons.